The lowest BCUT2D eigenvalue weighted by atomic mass is 10.0. The molecular weight excluding hydrogens is 246 g/mol. The van der Waals surface area contributed by atoms with Crippen LogP contribution in [0, 0.1) is 0 Å². The van der Waals surface area contributed by atoms with Crippen LogP contribution in [-0.2, 0) is 13.0 Å². The minimum atomic E-state index is 0.396. The zero-order chi connectivity index (χ0) is 14.2. The molecule has 3 nitrogen and oxygen atoms in total. The van der Waals surface area contributed by atoms with E-state index in [1.165, 1.54) is 17.7 Å². The first-order valence-corrected chi connectivity index (χ1v) is 7.58. The second-order valence-corrected chi connectivity index (χ2v) is 5.20. The summed E-state index contributed by atoms with van der Waals surface area (Å²) < 4.78 is 2.13. The van der Waals surface area contributed by atoms with Gasteiger partial charge in [-0.3, -0.25) is 4.68 Å². The quantitative estimate of drug-likeness (QED) is 0.795. The first-order chi connectivity index (χ1) is 9.85. The number of rotatable bonds is 8. The highest BCUT2D eigenvalue weighted by molar-refractivity contribution is 5.15. The summed E-state index contributed by atoms with van der Waals surface area (Å²) in [5.74, 6) is 0. The molecule has 1 unspecified atom stereocenters. The predicted octanol–water partition coefficient (Wildman–Crippen LogP) is 3.58. The summed E-state index contributed by atoms with van der Waals surface area (Å²) in [4.78, 5) is 0. The first-order valence-electron chi connectivity index (χ1n) is 7.58. The maximum absolute atomic E-state index is 4.42. The van der Waals surface area contributed by atoms with Crippen LogP contribution in [0.15, 0.2) is 42.6 Å². The fourth-order valence-corrected chi connectivity index (χ4v) is 2.63. The molecule has 2 aromatic rings. The fraction of sp³-hybridized carbons (Fsp3) is 0.471. The van der Waals surface area contributed by atoms with Gasteiger partial charge in [0.05, 0.1) is 5.69 Å². The van der Waals surface area contributed by atoms with E-state index in [2.05, 4.69) is 58.4 Å². The molecule has 0 radical (unpaired) electrons. The van der Waals surface area contributed by atoms with Gasteiger partial charge in [0.1, 0.15) is 0 Å². The van der Waals surface area contributed by atoms with Gasteiger partial charge in [0, 0.05) is 18.8 Å². The molecule has 20 heavy (non-hydrogen) atoms. The number of aryl methyl sites for hydroxylation is 2. The van der Waals surface area contributed by atoms with Crippen molar-refractivity contribution in [2.24, 2.45) is 0 Å². The molecule has 0 saturated carbocycles. The first kappa shape index (κ1) is 14.8. The Bertz CT molecular complexity index is 490. The Morgan fingerprint density at radius 3 is 2.70 bits per heavy atom. The van der Waals surface area contributed by atoms with Crippen molar-refractivity contribution >= 4 is 0 Å². The third-order valence-electron chi connectivity index (χ3n) is 3.69. The fourth-order valence-electron chi connectivity index (χ4n) is 2.63. The lowest BCUT2D eigenvalue weighted by molar-refractivity contribution is 0.466. The SMILES string of the molecule is CCCn1nccc1C(CCCc1ccccc1)NC. The Kier molecular flexibility index (Phi) is 5.81. The summed E-state index contributed by atoms with van der Waals surface area (Å²) in [7, 11) is 2.04. The van der Waals surface area contributed by atoms with E-state index < -0.39 is 0 Å². The topological polar surface area (TPSA) is 29.9 Å². The lowest BCUT2D eigenvalue weighted by Gasteiger charge is -2.18. The third-order valence-corrected chi connectivity index (χ3v) is 3.69. The number of benzene rings is 1. The molecule has 0 fully saturated rings. The van der Waals surface area contributed by atoms with E-state index in [4.69, 9.17) is 0 Å². The highest BCUT2D eigenvalue weighted by atomic mass is 15.3. The third kappa shape index (κ3) is 3.94. The van der Waals surface area contributed by atoms with Crippen molar-refractivity contribution in [2.75, 3.05) is 7.05 Å². The monoisotopic (exact) mass is 271 g/mol. The molecule has 0 aliphatic heterocycles. The van der Waals surface area contributed by atoms with E-state index >= 15 is 0 Å². The highest BCUT2D eigenvalue weighted by Gasteiger charge is 2.13. The van der Waals surface area contributed by atoms with E-state index in [1.807, 2.05) is 13.2 Å². The van der Waals surface area contributed by atoms with Crippen LogP contribution < -0.4 is 5.32 Å². The van der Waals surface area contributed by atoms with Gasteiger partial charge in [0.2, 0.25) is 0 Å². The van der Waals surface area contributed by atoms with Crippen LogP contribution in [-0.4, -0.2) is 16.8 Å². The van der Waals surface area contributed by atoms with Crippen LogP contribution in [0.4, 0.5) is 0 Å². The van der Waals surface area contributed by atoms with E-state index in [1.54, 1.807) is 0 Å². The number of hydrogen-bond acceptors (Lipinski definition) is 2. The molecule has 108 valence electrons. The molecule has 0 amide bonds. The second kappa shape index (κ2) is 7.85. The van der Waals surface area contributed by atoms with Gasteiger partial charge in [-0.15, -0.1) is 0 Å². The van der Waals surface area contributed by atoms with Crippen molar-refractivity contribution in [1.82, 2.24) is 15.1 Å². The van der Waals surface area contributed by atoms with Crippen molar-refractivity contribution in [3.05, 3.63) is 53.9 Å². The smallest absolute Gasteiger partial charge is 0.0553 e. The van der Waals surface area contributed by atoms with Crippen molar-refractivity contribution in [3.8, 4) is 0 Å². The normalized spacial score (nSPS) is 12.5. The molecule has 0 bridgehead atoms. The van der Waals surface area contributed by atoms with Gasteiger partial charge in [0.15, 0.2) is 0 Å². The van der Waals surface area contributed by atoms with Gasteiger partial charge in [0.25, 0.3) is 0 Å². The Balaban J connectivity index is 1.90. The summed E-state index contributed by atoms with van der Waals surface area (Å²) in [5, 5.41) is 7.85. The number of aromatic nitrogens is 2. The van der Waals surface area contributed by atoms with Crippen molar-refractivity contribution in [3.63, 3.8) is 0 Å². The maximum Gasteiger partial charge on any atom is 0.0553 e. The molecule has 0 spiro atoms. The van der Waals surface area contributed by atoms with Gasteiger partial charge in [-0.05, 0) is 44.4 Å². The Morgan fingerprint density at radius 1 is 1.20 bits per heavy atom. The molecule has 1 atom stereocenters. The standard InChI is InChI=1S/C17H25N3/c1-3-14-20-17(12-13-19-20)16(18-2)11-7-10-15-8-5-4-6-9-15/h4-6,8-9,12-13,16,18H,3,7,10-11,14H2,1-2H3. The molecule has 1 aromatic heterocycles. The Hall–Kier alpha value is -1.61. The zero-order valence-electron chi connectivity index (χ0n) is 12.5. The number of nitrogens with one attached hydrogen (secondary N) is 1. The second-order valence-electron chi connectivity index (χ2n) is 5.20. The summed E-state index contributed by atoms with van der Waals surface area (Å²) in [6.07, 6.45) is 6.50. The maximum atomic E-state index is 4.42. The molecular formula is C17H25N3. The lowest BCUT2D eigenvalue weighted by Crippen LogP contribution is -2.20. The molecule has 1 aromatic carbocycles. The van der Waals surface area contributed by atoms with E-state index in [9.17, 15) is 0 Å². The highest BCUT2D eigenvalue weighted by Crippen LogP contribution is 2.19. The van der Waals surface area contributed by atoms with Gasteiger partial charge < -0.3 is 5.32 Å². The average molecular weight is 271 g/mol. The molecule has 3 heteroatoms. The molecule has 0 aliphatic rings. The minimum Gasteiger partial charge on any atom is -0.312 e. The van der Waals surface area contributed by atoms with Crippen LogP contribution in [0.2, 0.25) is 0 Å². The summed E-state index contributed by atoms with van der Waals surface area (Å²) in [6, 6.07) is 13.2. The summed E-state index contributed by atoms with van der Waals surface area (Å²) >= 11 is 0. The van der Waals surface area contributed by atoms with Gasteiger partial charge >= 0.3 is 0 Å². The van der Waals surface area contributed by atoms with Crippen LogP contribution in [0.5, 0.6) is 0 Å². The predicted molar refractivity (Wildman–Crippen MR) is 83.7 cm³/mol. The number of hydrogen-bond donors (Lipinski definition) is 1. The molecule has 0 aliphatic carbocycles. The van der Waals surface area contributed by atoms with E-state index in [-0.39, 0.29) is 0 Å². The minimum absolute atomic E-state index is 0.396. The zero-order valence-corrected chi connectivity index (χ0v) is 12.5. The molecule has 0 saturated heterocycles. The summed E-state index contributed by atoms with van der Waals surface area (Å²) in [6.45, 7) is 3.19. The van der Waals surface area contributed by atoms with Crippen molar-refractivity contribution in [2.45, 2.75) is 45.2 Å². The molecule has 1 N–H and O–H groups in total. The number of nitrogens with zero attached hydrogens (tertiary/aromatic N) is 2. The van der Waals surface area contributed by atoms with Crippen LogP contribution in [0.1, 0.15) is 43.5 Å². The van der Waals surface area contributed by atoms with Gasteiger partial charge in [-0.2, -0.15) is 5.10 Å². The Morgan fingerprint density at radius 2 is 2.00 bits per heavy atom. The summed E-state index contributed by atoms with van der Waals surface area (Å²) in [5.41, 5.74) is 2.73. The molecule has 1 heterocycles. The van der Waals surface area contributed by atoms with Crippen LogP contribution >= 0.6 is 0 Å². The van der Waals surface area contributed by atoms with Gasteiger partial charge in [-0.1, -0.05) is 37.3 Å². The largest absolute Gasteiger partial charge is 0.312 e. The van der Waals surface area contributed by atoms with Crippen molar-refractivity contribution in [1.29, 1.82) is 0 Å². The Labute approximate surface area is 122 Å². The van der Waals surface area contributed by atoms with Crippen LogP contribution in [0.25, 0.3) is 0 Å². The van der Waals surface area contributed by atoms with E-state index in [0.29, 0.717) is 6.04 Å². The van der Waals surface area contributed by atoms with E-state index in [0.717, 1.165) is 25.8 Å². The van der Waals surface area contributed by atoms with Crippen molar-refractivity contribution < 1.29 is 0 Å². The molecule has 2 rings (SSSR count). The van der Waals surface area contributed by atoms with Crippen LogP contribution in [0.3, 0.4) is 0 Å². The van der Waals surface area contributed by atoms with Gasteiger partial charge in [-0.25, -0.2) is 0 Å². The average Bonchev–Trinajstić information content (AvgIpc) is 2.93.